The number of hydrogen-bond donors (Lipinski definition) is 0. The lowest BCUT2D eigenvalue weighted by Crippen LogP contribution is -1.94. The minimum atomic E-state index is 0.157. The molecule has 0 amide bonds. The molecular formula is C16H16O. The quantitative estimate of drug-likeness (QED) is 0.558. The highest BCUT2D eigenvalue weighted by Crippen LogP contribution is 2.36. The fourth-order valence-corrected chi connectivity index (χ4v) is 2.14. The highest BCUT2D eigenvalue weighted by atomic mass is 16.1. The van der Waals surface area contributed by atoms with Gasteiger partial charge in [-0.3, -0.25) is 4.79 Å². The maximum atomic E-state index is 12.0. The molecule has 0 aromatic heterocycles. The summed E-state index contributed by atoms with van der Waals surface area (Å²) in [4.78, 5) is 12.0. The Morgan fingerprint density at radius 3 is 2.06 bits per heavy atom. The van der Waals surface area contributed by atoms with Gasteiger partial charge >= 0.3 is 0 Å². The van der Waals surface area contributed by atoms with Crippen LogP contribution in [-0.4, -0.2) is 5.78 Å². The number of rotatable bonds is 0. The number of fused-ring (bicyclic) bond motifs is 3. The van der Waals surface area contributed by atoms with Crippen molar-refractivity contribution in [3.8, 4) is 11.1 Å². The molecule has 0 atom stereocenters. The average Bonchev–Trinajstić information content (AvgIpc) is 2.66. The van der Waals surface area contributed by atoms with Gasteiger partial charge in [0, 0.05) is 11.1 Å². The third-order valence-corrected chi connectivity index (χ3v) is 2.88. The van der Waals surface area contributed by atoms with Crippen molar-refractivity contribution < 1.29 is 4.79 Å². The molecule has 86 valence electrons. The first-order valence-corrected chi connectivity index (χ1v) is 6.02. The van der Waals surface area contributed by atoms with Gasteiger partial charge < -0.3 is 0 Å². The fourth-order valence-electron chi connectivity index (χ4n) is 2.14. The van der Waals surface area contributed by atoms with Crippen LogP contribution in [0.1, 0.15) is 35.3 Å². The zero-order valence-electron chi connectivity index (χ0n) is 10.4. The Morgan fingerprint density at radius 1 is 0.765 bits per heavy atom. The highest BCUT2D eigenvalue weighted by Gasteiger charge is 2.25. The summed E-state index contributed by atoms with van der Waals surface area (Å²) in [5, 5.41) is 0. The molecular weight excluding hydrogens is 208 g/mol. The van der Waals surface area contributed by atoms with Gasteiger partial charge in [0.2, 0.25) is 0 Å². The van der Waals surface area contributed by atoms with E-state index in [2.05, 4.69) is 0 Å². The molecule has 2 aromatic rings. The van der Waals surface area contributed by atoms with Crippen molar-refractivity contribution in [3.63, 3.8) is 0 Å². The number of carbonyl (C=O) groups is 1. The van der Waals surface area contributed by atoms with E-state index in [1.807, 2.05) is 63.2 Å². The molecule has 0 spiro atoms. The molecule has 3 rings (SSSR count). The van der Waals surface area contributed by atoms with Crippen LogP contribution in [0.3, 0.4) is 0 Å². The molecule has 0 aliphatic heterocycles. The Morgan fingerprint density at radius 2 is 1.35 bits per heavy atom. The average molecular weight is 224 g/mol. The van der Waals surface area contributed by atoms with Gasteiger partial charge in [0.15, 0.2) is 5.78 Å². The predicted molar refractivity (Wildman–Crippen MR) is 71.4 cm³/mol. The fraction of sp³-hybridized carbons (Fsp3) is 0.188. The molecule has 0 N–H and O–H groups in total. The van der Waals surface area contributed by atoms with Crippen molar-refractivity contribution >= 4 is 5.78 Å². The minimum absolute atomic E-state index is 0.157. The van der Waals surface area contributed by atoms with Crippen molar-refractivity contribution in [2.24, 2.45) is 0 Å². The predicted octanol–water partition coefficient (Wildman–Crippen LogP) is 4.23. The molecule has 0 saturated heterocycles. The van der Waals surface area contributed by atoms with Gasteiger partial charge in [-0.2, -0.15) is 0 Å². The summed E-state index contributed by atoms with van der Waals surface area (Å²) in [5.74, 6) is 0.157. The molecule has 0 fully saturated rings. The standard InChI is InChI=1S/C14H10O.C2H6/c1-9-6-7-11-10-4-2-3-5-12(10)14(15)13(11)8-9;1-2/h2-8H,1H3;1-2H3. The summed E-state index contributed by atoms with van der Waals surface area (Å²) in [6, 6.07) is 13.8. The van der Waals surface area contributed by atoms with Crippen LogP contribution in [-0.2, 0) is 0 Å². The van der Waals surface area contributed by atoms with Crippen molar-refractivity contribution in [2.45, 2.75) is 20.8 Å². The second kappa shape index (κ2) is 4.54. The Hall–Kier alpha value is -1.89. The van der Waals surface area contributed by atoms with E-state index >= 15 is 0 Å². The smallest absolute Gasteiger partial charge is 0.194 e. The summed E-state index contributed by atoms with van der Waals surface area (Å²) < 4.78 is 0. The molecule has 1 nitrogen and oxygen atoms in total. The van der Waals surface area contributed by atoms with Crippen molar-refractivity contribution in [2.75, 3.05) is 0 Å². The summed E-state index contributed by atoms with van der Waals surface area (Å²) in [5.41, 5.74) is 4.95. The van der Waals surface area contributed by atoms with E-state index in [1.165, 1.54) is 0 Å². The van der Waals surface area contributed by atoms with E-state index in [0.29, 0.717) is 0 Å². The van der Waals surface area contributed by atoms with Crippen molar-refractivity contribution in [1.29, 1.82) is 0 Å². The topological polar surface area (TPSA) is 17.1 Å². The van der Waals surface area contributed by atoms with Crippen LogP contribution in [0.2, 0.25) is 0 Å². The first-order valence-electron chi connectivity index (χ1n) is 6.02. The van der Waals surface area contributed by atoms with Crippen LogP contribution in [0.25, 0.3) is 11.1 Å². The van der Waals surface area contributed by atoms with Crippen LogP contribution < -0.4 is 0 Å². The first kappa shape index (κ1) is 11.6. The zero-order chi connectivity index (χ0) is 12.4. The molecule has 17 heavy (non-hydrogen) atoms. The zero-order valence-corrected chi connectivity index (χ0v) is 10.4. The summed E-state index contributed by atoms with van der Waals surface area (Å²) in [6.07, 6.45) is 0. The third kappa shape index (κ3) is 1.78. The van der Waals surface area contributed by atoms with E-state index in [4.69, 9.17) is 0 Å². The van der Waals surface area contributed by atoms with E-state index in [0.717, 1.165) is 27.8 Å². The van der Waals surface area contributed by atoms with E-state index in [1.54, 1.807) is 0 Å². The minimum Gasteiger partial charge on any atom is -0.289 e. The molecule has 2 aromatic carbocycles. The van der Waals surface area contributed by atoms with Gasteiger partial charge in [0.25, 0.3) is 0 Å². The molecule has 0 unspecified atom stereocenters. The van der Waals surface area contributed by atoms with Crippen molar-refractivity contribution in [1.82, 2.24) is 0 Å². The first-order chi connectivity index (χ1) is 8.27. The summed E-state index contributed by atoms with van der Waals surface area (Å²) in [6.45, 7) is 6.01. The van der Waals surface area contributed by atoms with Gasteiger partial charge in [0.05, 0.1) is 0 Å². The molecule has 0 heterocycles. The molecule has 1 heteroatoms. The van der Waals surface area contributed by atoms with Gasteiger partial charge in [0.1, 0.15) is 0 Å². The van der Waals surface area contributed by atoms with E-state index in [-0.39, 0.29) is 5.78 Å². The van der Waals surface area contributed by atoms with Gasteiger partial charge in [-0.1, -0.05) is 55.8 Å². The maximum absolute atomic E-state index is 12.0. The third-order valence-electron chi connectivity index (χ3n) is 2.88. The number of aryl methyl sites for hydroxylation is 1. The summed E-state index contributed by atoms with van der Waals surface area (Å²) >= 11 is 0. The number of benzene rings is 2. The van der Waals surface area contributed by atoms with Crippen LogP contribution in [0.4, 0.5) is 0 Å². The van der Waals surface area contributed by atoms with Crippen LogP contribution >= 0.6 is 0 Å². The lowest BCUT2D eigenvalue weighted by atomic mass is 10.0. The summed E-state index contributed by atoms with van der Waals surface area (Å²) in [7, 11) is 0. The molecule has 0 bridgehead atoms. The normalized spacial score (nSPS) is 11.4. The molecule has 0 radical (unpaired) electrons. The molecule has 0 saturated carbocycles. The van der Waals surface area contributed by atoms with E-state index < -0.39 is 0 Å². The van der Waals surface area contributed by atoms with Gasteiger partial charge in [-0.15, -0.1) is 0 Å². The number of carbonyl (C=O) groups excluding carboxylic acids is 1. The lowest BCUT2D eigenvalue weighted by Gasteiger charge is -1.99. The Labute approximate surface area is 102 Å². The second-order valence-electron chi connectivity index (χ2n) is 3.92. The monoisotopic (exact) mass is 224 g/mol. The van der Waals surface area contributed by atoms with Crippen molar-refractivity contribution in [3.05, 3.63) is 59.2 Å². The SMILES string of the molecule is CC.Cc1ccc2c(c1)C(=O)c1ccccc1-2. The van der Waals surface area contributed by atoms with Crippen LogP contribution in [0.15, 0.2) is 42.5 Å². The lowest BCUT2D eigenvalue weighted by molar-refractivity contribution is 0.104. The van der Waals surface area contributed by atoms with E-state index in [9.17, 15) is 4.79 Å². The van der Waals surface area contributed by atoms with Gasteiger partial charge in [-0.05, 0) is 24.1 Å². The Balaban J connectivity index is 0.000000514. The molecule has 1 aliphatic carbocycles. The van der Waals surface area contributed by atoms with Crippen LogP contribution in [0, 0.1) is 6.92 Å². The van der Waals surface area contributed by atoms with Gasteiger partial charge in [-0.25, -0.2) is 0 Å². The highest BCUT2D eigenvalue weighted by molar-refractivity contribution is 6.21. The number of hydrogen-bond acceptors (Lipinski definition) is 1. The Bertz CT molecular complexity index is 567. The maximum Gasteiger partial charge on any atom is 0.194 e. The van der Waals surface area contributed by atoms with Crippen LogP contribution in [0.5, 0.6) is 0 Å². The largest absolute Gasteiger partial charge is 0.289 e. The number of ketones is 1. The molecule has 1 aliphatic rings. The Kier molecular flexibility index (Phi) is 3.10. The second-order valence-corrected chi connectivity index (χ2v) is 3.92.